The molecular formula is C18H25FN4O5. The Hall–Kier alpha value is -3.17. The number of halogens is 1. The number of nitrogens with zero attached hydrogens (tertiary/aromatic N) is 2. The van der Waals surface area contributed by atoms with E-state index >= 15 is 0 Å². The smallest absolute Gasteiger partial charge is 0.411 e. The highest BCUT2D eigenvalue weighted by Crippen LogP contribution is 2.33. The summed E-state index contributed by atoms with van der Waals surface area (Å²) in [5.74, 6) is -1.28. The van der Waals surface area contributed by atoms with E-state index < -0.39 is 17.7 Å². The van der Waals surface area contributed by atoms with Crippen molar-refractivity contribution in [2.24, 2.45) is 5.73 Å². The van der Waals surface area contributed by atoms with E-state index in [2.05, 4.69) is 1.45 Å². The molecule has 9 nitrogen and oxygen atoms in total. The molecule has 1 aromatic carbocycles. The molecule has 2 fully saturated rings. The number of benzene rings is 1. The molecule has 2 heterocycles. The van der Waals surface area contributed by atoms with Crippen molar-refractivity contribution in [2.45, 2.75) is 25.9 Å². The maximum atomic E-state index is 12.6. The maximum Gasteiger partial charge on any atom is 0.411 e. The molecule has 0 unspecified atom stereocenters. The number of amides is 2. The zero-order chi connectivity index (χ0) is 20.9. The summed E-state index contributed by atoms with van der Waals surface area (Å²) in [5.41, 5.74) is 5.74. The number of piperidine rings is 1. The molecule has 4 N–H and O–H groups in total. The predicted octanol–water partition coefficient (Wildman–Crippen LogP) is 1.27. The van der Waals surface area contributed by atoms with Gasteiger partial charge in [0, 0.05) is 37.1 Å². The Morgan fingerprint density at radius 2 is 1.79 bits per heavy atom. The van der Waals surface area contributed by atoms with Gasteiger partial charge in [0.15, 0.2) is 0 Å². The van der Waals surface area contributed by atoms with E-state index in [4.69, 9.17) is 25.7 Å². The summed E-state index contributed by atoms with van der Waals surface area (Å²) in [7, 11) is 0. The largest absolute Gasteiger partial charge is 0.480 e. The van der Waals surface area contributed by atoms with E-state index in [0.29, 0.717) is 37.1 Å². The van der Waals surface area contributed by atoms with Gasteiger partial charge in [-0.15, -0.1) is 0 Å². The second-order valence-electron chi connectivity index (χ2n) is 6.58. The molecule has 3 rings (SSSR count). The molecule has 2 aliphatic rings. The van der Waals surface area contributed by atoms with Crippen LogP contribution in [-0.4, -0.2) is 71.9 Å². The summed E-state index contributed by atoms with van der Waals surface area (Å²) < 4.78 is 18.4. The number of carbonyl (C=O) groups excluding carboxylic acids is 2. The van der Waals surface area contributed by atoms with Crippen molar-refractivity contribution in [1.82, 2.24) is 9.80 Å². The first-order valence-corrected chi connectivity index (χ1v) is 8.23. The zero-order valence-electron chi connectivity index (χ0n) is 15.5. The molecule has 0 radical (unpaired) electrons. The van der Waals surface area contributed by atoms with Gasteiger partial charge in [-0.25, -0.2) is 4.79 Å². The lowest BCUT2D eigenvalue weighted by Gasteiger charge is -2.37. The third-order valence-corrected chi connectivity index (χ3v) is 4.77. The SMILES string of the molecule is C.N=C(N)c1ccc(C(=O)N2CCC3(CC2)CN(CC(=O)O)C(=O)O3)cc1.[3H]F. The maximum absolute atomic E-state index is 12.6. The summed E-state index contributed by atoms with van der Waals surface area (Å²) in [6.45, 7) is 0.683. The Labute approximate surface area is 163 Å². The number of nitrogens with two attached hydrogens (primary N) is 1. The van der Waals surface area contributed by atoms with Gasteiger partial charge in [-0.2, -0.15) is 0 Å². The molecule has 0 atom stereocenters. The summed E-state index contributed by atoms with van der Waals surface area (Å²) >= 11 is 0. The van der Waals surface area contributed by atoms with Crippen LogP contribution in [0.1, 0.15) is 36.2 Å². The number of amidine groups is 1. The minimum atomic E-state index is -1.08. The zero-order valence-corrected chi connectivity index (χ0v) is 14.5. The number of likely N-dealkylation sites (tertiary alicyclic amines) is 1. The normalized spacial score (nSPS) is 17.6. The average molecular weight is 398 g/mol. The molecule has 10 heteroatoms. The number of aliphatic carboxylic acids is 1. The Kier molecular flexibility index (Phi) is 6.55. The molecule has 1 spiro atoms. The van der Waals surface area contributed by atoms with Gasteiger partial charge in [0.25, 0.3) is 7.36 Å². The van der Waals surface area contributed by atoms with Crippen LogP contribution in [0, 0.1) is 5.41 Å². The Balaban J connectivity index is 0.00000136. The Morgan fingerprint density at radius 3 is 2.29 bits per heavy atom. The lowest BCUT2D eigenvalue weighted by Crippen LogP contribution is -2.49. The van der Waals surface area contributed by atoms with Crippen molar-refractivity contribution in [3.8, 4) is 0 Å². The first-order chi connectivity index (χ1) is 13.3. The fraction of sp³-hybridized carbons (Fsp3) is 0.444. The number of hydrogen-bond donors (Lipinski definition) is 3. The molecule has 1 aromatic rings. The van der Waals surface area contributed by atoms with Crippen molar-refractivity contribution in [3.05, 3.63) is 35.4 Å². The monoisotopic (exact) mass is 398 g/mol. The molecule has 0 aliphatic carbocycles. The van der Waals surface area contributed by atoms with Crippen LogP contribution in [0.4, 0.5) is 9.51 Å². The van der Waals surface area contributed by atoms with Crippen LogP contribution in [0.2, 0.25) is 0 Å². The quantitative estimate of drug-likeness (QED) is 0.516. The number of hydrogen-bond acceptors (Lipinski definition) is 5. The van der Waals surface area contributed by atoms with Crippen molar-refractivity contribution in [1.29, 1.82) is 6.86 Å². The van der Waals surface area contributed by atoms with Crippen LogP contribution >= 0.6 is 0 Å². The van der Waals surface area contributed by atoms with Crippen molar-refractivity contribution in [2.75, 3.05) is 26.2 Å². The predicted molar refractivity (Wildman–Crippen MR) is 100 cm³/mol. The van der Waals surface area contributed by atoms with E-state index in [0.717, 1.165) is 0 Å². The average Bonchev–Trinajstić information content (AvgIpc) is 2.97. The second kappa shape index (κ2) is 8.68. The standard InChI is InChI=1S/C17H20N4O5.CH4.FH/c18-14(19)11-1-3-12(4-2-11)15(24)20-7-5-17(6-8-20)10-21(9-13(22)23)16(25)26-17;;/h1-4H,5-10H2,(H3,18,19)(H,22,23);1H4;1H/i/hT. The highest BCUT2D eigenvalue weighted by atomic mass is 19.0. The second-order valence-corrected chi connectivity index (χ2v) is 6.58. The van der Waals surface area contributed by atoms with Crippen LogP contribution in [0.3, 0.4) is 0 Å². The lowest BCUT2D eigenvalue weighted by atomic mass is 9.91. The fourth-order valence-corrected chi connectivity index (χ4v) is 3.33. The van der Waals surface area contributed by atoms with Crippen LogP contribution in [0.5, 0.6) is 0 Å². The van der Waals surface area contributed by atoms with Gasteiger partial charge in [0.05, 0.1) is 6.54 Å². The van der Waals surface area contributed by atoms with Crippen LogP contribution in [-0.2, 0) is 9.53 Å². The van der Waals surface area contributed by atoms with Gasteiger partial charge in [-0.1, -0.05) is 19.6 Å². The van der Waals surface area contributed by atoms with Crippen molar-refractivity contribution in [3.63, 3.8) is 0 Å². The van der Waals surface area contributed by atoms with Gasteiger partial charge in [0.1, 0.15) is 18.0 Å². The third-order valence-electron chi connectivity index (χ3n) is 4.77. The molecule has 0 aromatic heterocycles. The molecule has 0 saturated carbocycles. The number of nitrogen functional groups attached to an aromatic ring is 1. The fourth-order valence-electron chi connectivity index (χ4n) is 3.33. The van der Waals surface area contributed by atoms with Crippen LogP contribution in [0.25, 0.3) is 0 Å². The molecule has 2 saturated heterocycles. The summed E-state index contributed by atoms with van der Waals surface area (Å²) in [6, 6.07) is 6.52. The number of carboxylic acid groups (broad SMARTS) is 1. The van der Waals surface area contributed by atoms with Gasteiger partial charge in [0.2, 0.25) is 0 Å². The summed E-state index contributed by atoms with van der Waals surface area (Å²) in [6.07, 6.45) is 0.310. The topological polar surface area (TPSA) is 137 Å². The van der Waals surface area contributed by atoms with E-state index in [9.17, 15) is 14.4 Å². The summed E-state index contributed by atoms with van der Waals surface area (Å²) in [4.78, 5) is 38.1. The third kappa shape index (κ3) is 4.56. The van der Waals surface area contributed by atoms with Crippen molar-refractivity contribution >= 4 is 23.8 Å². The molecular weight excluding hydrogens is 371 g/mol. The first kappa shape index (κ1) is 21.1. The molecule has 154 valence electrons. The van der Waals surface area contributed by atoms with E-state index in [1.165, 1.54) is 4.90 Å². The number of rotatable bonds is 4. The van der Waals surface area contributed by atoms with Gasteiger partial charge in [-0.05, 0) is 12.1 Å². The number of ether oxygens (including phenoxy) is 1. The minimum Gasteiger partial charge on any atom is -0.480 e. The van der Waals surface area contributed by atoms with Crippen molar-refractivity contribution < 1.29 is 28.9 Å². The molecule has 2 aliphatic heterocycles. The number of nitrogens with one attached hydrogen (secondary N) is 1. The van der Waals surface area contributed by atoms with Gasteiger partial charge >= 0.3 is 12.1 Å². The molecule has 28 heavy (non-hydrogen) atoms. The van der Waals surface area contributed by atoms with E-state index in [1.807, 2.05) is 0 Å². The number of carboxylic acids is 1. The highest BCUT2D eigenvalue weighted by Gasteiger charge is 2.47. The Morgan fingerprint density at radius 1 is 1.25 bits per heavy atom. The Bertz CT molecular complexity index is 766. The van der Waals surface area contributed by atoms with E-state index in [1.54, 1.807) is 29.2 Å². The minimum absolute atomic E-state index is 0. The number of carbonyl (C=O) groups is 3. The van der Waals surface area contributed by atoms with Crippen LogP contribution in [0.15, 0.2) is 24.3 Å². The first-order valence-electron chi connectivity index (χ1n) is 8.61. The molecule has 2 amide bonds. The highest BCUT2D eigenvalue weighted by molar-refractivity contribution is 5.98. The van der Waals surface area contributed by atoms with E-state index in [-0.39, 0.29) is 32.3 Å². The summed E-state index contributed by atoms with van der Waals surface area (Å²) in [5, 5.41) is 16.2. The lowest BCUT2D eigenvalue weighted by molar-refractivity contribution is -0.137. The molecule has 0 bridgehead atoms. The van der Waals surface area contributed by atoms with Crippen LogP contribution < -0.4 is 5.73 Å². The van der Waals surface area contributed by atoms with Gasteiger partial charge in [-0.3, -0.25) is 24.6 Å². The van der Waals surface area contributed by atoms with Gasteiger partial charge < -0.3 is 20.5 Å².